The van der Waals surface area contributed by atoms with Crippen LogP contribution in [0.3, 0.4) is 0 Å². The number of carbonyl (C=O) groups is 1. The van der Waals surface area contributed by atoms with Gasteiger partial charge in [-0.05, 0) is 23.3 Å². The standard InChI is InChI=1S/C16H15NO3.ClH/c18-16-17-15(11-20-16)13-7-4-8-14(9-13)19-10-12-5-2-1-3-6-12;/h1-9,15H,10-11H2,(H,17,18);1H/t15-;/m1./s1. The molecule has 1 atom stereocenters. The maximum absolute atomic E-state index is 11.1. The molecular formula is C16H16ClNO3. The lowest BCUT2D eigenvalue weighted by molar-refractivity contribution is 0.177. The van der Waals surface area contributed by atoms with Crippen molar-refractivity contribution in [2.45, 2.75) is 12.6 Å². The fourth-order valence-electron chi connectivity index (χ4n) is 2.13. The summed E-state index contributed by atoms with van der Waals surface area (Å²) in [6.45, 7) is 0.888. The molecule has 0 aromatic heterocycles. The second-order valence-electron chi connectivity index (χ2n) is 4.64. The Bertz CT molecular complexity index is 603. The topological polar surface area (TPSA) is 47.6 Å². The first-order valence-corrected chi connectivity index (χ1v) is 6.51. The van der Waals surface area contributed by atoms with Crippen molar-refractivity contribution in [1.29, 1.82) is 0 Å². The lowest BCUT2D eigenvalue weighted by Crippen LogP contribution is -2.18. The summed E-state index contributed by atoms with van der Waals surface area (Å²) >= 11 is 0. The van der Waals surface area contributed by atoms with E-state index in [2.05, 4.69) is 5.32 Å². The van der Waals surface area contributed by atoms with Gasteiger partial charge in [-0.2, -0.15) is 0 Å². The van der Waals surface area contributed by atoms with Gasteiger partial charge in [0.25, 0.3) is 0 Å². The second-order valence-corrected chi connectivity index (χ2v) is 4.64. The van der Waals surface area contributed by atoms with E-state index in [9.17, 15) is 4.79 Å². The van der Waals surface area contributed by atoms with Crippen molar-refractivity contribution in [3.63, 3.8) is 0 Å². The minimum atomic E-state index is -0.370. The van der Waals surface area contributed by atoms with E-state index in [0.717, 1.165) is 16.9 Å². The zero-order valence-corrected chi connectivity index (χ0v) is 12.1. The van der Waals surface area contributed by atoms with Crippen molar-refractivity contribution < 1.29 is 14.3 Å². The molecule has 1 aliphatic rings. The average molecular weight is 306 g/mol. The van der Waals surface area contributed by atoms with E-state index in [-0.39, 0.29) is 24.5 Å². The second kappa shape index (κ2) is 6.99. The third-order valence-electron chi connectivity index (χ3n) is 3.18. The molecule has 2 aromatic carbocycles. The van der Waals surface area contributed by atoms with E-state index in [1.807, 2.05) is 54.6 Å². The Morgan fingerprint density at radius 2 is 1.95 bits per heavy atom. The van der Waals surface area contributed by atoms with Gasteiger partial charge in [0.15, 0.2) is 0 Å². The molecule has 21 heavy (non-hydrogen) atoms. The van der Waals surface area contributed by atoms with Gasteiger partial charge in [-0.25, -0.2) is 4.79 Å². The number of hydrogen-bond donors (Lipinski definition) is 1. The number of alkyl carbamates (subject to hydrolysis) is 1. The summed E-state index contributed by atoms with van der Waals surface area (Å²) in [4.78, 5) is 11.1. The van der Waals surface area contributed by atoms with E-state index in [0.29, 0.717) is 13.2 Å². The SMILES string of the molecule is Cl.O=C1N[C@@H](c2cccc(OCc3ccccc3)c2)CO1. The van der Waals surface area contributed by atoms with E-state index < -0.39 is 0 Å². The number of rotatable bonds is 4. The monoisotopic (exact) mass is 305 g/mol. The molecule has 3 rings (SSSR count). The van der Waals surface area contributed by atoms with Crippen LogP contribution < -0.4 is 10.1 Å². The van der Waals surface area contributed by atoms with E-state index >= 15 is 0 Å². The predicted molar refractivity (Wildman–Crippen MR) is 81.7 cm³/mol. The minimum absolute atomic E-state index is 0. The maximum atomic E-state index is 11.1. The van der Waals surface area contributed by atoms with E-state index in [4.69, 9.17) is 9.47 Å². The van der Waals surface area contributed by atoms with Gasteiger partial charge in [-0.3, -0.25) is 0 Å². The van der Waals surface area contributed by atoms with Gasteiger partial charge in [0, 0.05) is 0 Å². The van der Waals surface area contributed by atoms with Crippen LogP contribution in [0, 0.1) is 0 Å². The van der Waals surface area contributed by atoms with Crippen LogP contribution in [0.2, 0.25) is 0 Å². The summed E-state index contributed by atoms with van der Waals surface area (Å²) in [6, 6.07) is 17.6. The Balaban J connectivity index is 0.00000161. The fraction of sp³-hybridized carbons (Fsp3) is 0.188. The number of amides is 1. The molecule has 1 N–H and O–H groups in total. The molecule has 1 saturated heterocycles. The molecule has 0 spiro atoms. The van der Waals surface area contributed by atoms with Crippen molar-refractivity contribution in [3.05, 3.63) is 65.7 Å². The number of hydrogen-bond acceptors (Lipinski definition) is 3. The van der Waals surface area contributed by atoms with Crippen LogP contribution in [0.25, 0.3) is 0 Å². The van der Waals surface area contributed by atoms with Gasteiger partial charge in [-0.15, -0.1) is 12.4 Å². The normalized spacial score (nSPS) is 16.6. The van der Waals surface area contributed by atoms with Crippen LogP contribution >= 0.6 is 12.4 Å². The molecule has 1 amide bonds. The molecule has 0 bridgehead atoms. The molecule has 1 aliphatic heterocycles. The quantitative estimate of drug-likeness (QED) is 0.941. The zero-order chi connectivity index (χ0) is 13.8. The van der Waals surface area contributed by atoms with Crippen molar-refractivity contribution >= 4 is 18.5 Å². The average Bonchev–Trinajstić information content (AvgIpc) is 2.93. The van der Waals surface area contributed by atoms with Crippen LogP contribution in [0.5, 0.6) is 5.75 Å². The Morgan fingerprint density at radius 1 is 1.14 bits per heavy atom. The van der Waals surface area contributed by atoms with Crippen LogP contribution in [-0.2, 0) is 11.3 Å². The number of halogens is 1. The third kappa shape index (κ3) is 3.89. The molecule has 0 radical (unpaired) electrons. The van der Waals surface area contributed by atoms with Gasteiger partial charge in [-0.1, -0.05) is 42.5 Å². The van der Waals surface area contributed by atoms with Gasteiger partial charge >= 0.3 is 6.09 Å². The Hall–Kier alpha value is -2.20. The third-order valence-corrected chi connectivity index (χ3v) is 3.18. The Morgan fingerprint density at radius 3 is 2.67 bits per heavy atom. The molecular weight excluding hydrogens is 290 g/mol. The molecule has 1 fully saturated rings. The highest BCUT2D eigenvalue weighted by Gasteiger charge is 2.23. The highest BCUT2D eigenvalue weighted by molar-refractivity contribution is 5.85. The first-order chi connectivity index (χ1) is 9.81. The van der Waals surface area contributed by atoms with Crippen LogP contribution in [-0.4, -0.2) is 12.7 Å². The van der Waals surface area contributed by atoms with Crippen molar-refractivity contribution in [2.24, 2.45) is 0 Å². The number of benzene rings is 2. The predicted octanol–water partition coefficient (Wildman–Crippen LogP) is 3.47. The van der Waals surface area contributed by atoms with Gasteiger partial charge in [0.05, 0.1) is 6.04 Å². The molecule has 2 aromatic rings. The molecule has 5 heteroatoms. The smallest absolute Gasteiger partial charge is 0.407 e. The first kappa shape index (κ1) is 15.2. The molecule has 4 nitrogen and oxygen atoms in total. The largest absolute Gasteiger partial charge is 0.489 e. The van der Waals surface area contributed by atoms with Crippen molar-refractivity contribution in [3.8, 4) is 5.75 Å². The van der Waals surface area contributed by atoms with E-state index in [1.165, 1.54) is 0 Å². The Labute approximate surface area is 129 Å². The highest BCUT2D eigenvalue weighted by Crippen LogP contribution is 2.23. The summed E-state index contributed by atoms with van der Waals surface area (Å²) in [6.07, 6.45) is -0.370. The van der Waals surface area contributed by atoms with Crippen LogP contribution in [0.4, 0.5) is 4.79 Å². The lowest BCUT2D eigenvalue weighted by Gasteiger charge is -2.11. The number of ether oxygens (including phenoxy) is 2. The van der Waals surface area contributed by atoms with Crippen LogP contribution in [0.15, 0.2) is 54.6 Å². The maximum Gasteiger partial charge on any atom is 0.407 e. The van der Waals surface area contributed by atoms with Gasteiger partial charge in [0.1, 0.15) is 19.0 Å². The molecule has 0 aliphatic carbocycles. The minimum Gasteiger partial charge on any atom is -0.489 e. The van der Waals surface area contributed by atoms with Crippen molar-refractivity contribution in [2.75, 3.05) is 6.61 Å². The summed E-state index contributed by atoms with van der Waals surface area (Å²) in [7, 11) is 0. The van der Waals surface area contributed by atoms with Crippen molar-refractivity contribution in [1.82, 2.24) is 5.32 Å². The van der Waals surface area contributed by atoms with Gasteiger partial charge < -0.3 is 14.8 Å². The molecule has 0 unspecified atom stereocenters. The molecule has 0 saturated carbocycles. The summed E-state index contributed by atoms with van der Waals surface area (Å²) < 4.78 is 10.7. The first-order valence-electron chi connectivity index (χ1n) is 6.51. The lowest BCUT2D eigenvalue weighted by atomic mass is 10.1. The highest BCUT2D eigenvalue weighted by atomic mass is 35.5. The Kier molecular flexibility index (Phi) is 5.06. The molecule has 1 heterocycles. The number of carbonyl (C=O) groups excluding carboxylic acids is 1. The summed E-state index contributed by atoms with van der Waals surface area (Å²) in [5.74, 6) is 0.785. The van der Waals surface area contributed by atoms with E-state index in [1.54, 1.807) is 0 Å². The summed E-state index contributed by atoms with van der Waals surface area (Å²) in [5.41, 5.74) is 2.11. The van der Waals surface area contributed by atoms with Gasteiger partial charge in [0.2, 0.25) is 0 Å². The van der Waals surface area contributed by atoms with Crippen LogP contribution in [0.1, 0.15) is 17.2 Å². The zero-order valence-electron chi connectivity index (χ0n) is 11.3. The number of nitrogens with one attached hydrogen (secondary N) is 1. The fourth-order valence-corrected chi connectivity index (χ4v) is 2.13. The summed E-state index contributed by atoms with van der Waals surface area (Å²) in [5, 5.41) is 2.75. The number of cyclic esters (lactones) is 1. The molecule has 110 valence electrons.